The van der Waals surface area contributed by atoms with Gasteiger partial charge in [-0.25, -0.2) is 0 Å². The SMILES string of the molecule is CCC1CCC(Oc2ccc(C)cc2)CC1. The lowest BCUT2D eigenvalue weighted by Crippen LogP contribution is -2.23. The van der Waals surface area contributed by atoms with Crippen LogP contribution in [0.1, 0.15) is 44.6 Å². The minimum atomic E-state index is 0.450. The van der Waals surface area contributed by atoms with Gasteiger partial charge < -0.3 is 4.74 Å². The van der Waals surface area contributed by atoms with E-state index in [-0.39, 0.29) is 0 Å². The Labute approximate surface area is 98.8 Å². The van der Waals surface area contributed by atoms with Crippen molar-refractivity contribution in [2.24, 2.45) is 5.92 Å². The highest BCUT2D eigenvalue weighted by atomic mass is 16.5. The molecule has 1 aliphatic rings. The Morgan fingerprint density at radius 2 is 1.69 bits per heavy atom. The van der Waals surface area contributed by atoms with E-state index >= 15 is 0 Å². The van der Waals surface area contributed by atoms with E-state index in [1.165, 1.54) is 37.7 Å². The largest absolute Gasteiger partial charge is 0.490 e. The first-order chi connectivity index (χ1) is 7.78. The molecule has 2 rings (SSSR count). The van der Waals surface area contributed by atoms with Gasteiger partial charge in [-0.2, -0.15) is 0 Å². The molecule has 0 aromatic heterocycles. The maximum atomic E-state index is 6.00. The summed E-state index contributed by atoms with van der Waals surface area (Å²) in [5.74, 6) is 1.98. The molecule has 0 unspecified atom stereocenters. The van der Waals surface area contributed by atoms with Crippen LogP contribution >= 0.6 is 0 Å². The van der Waals surface area contributed by atoms with Gasteiger partial charge in [-0.3, -0.25) is 0 Å². The minimum absolute atomic E-state index is 0.450. The van der Waals surface area contributed by atoms with Gasteiger partial charge in [0, 0.05) is 0 Å². The molecule has 1 saturated carbocycles. The third-order valence-corrected chi connectivity index (χ3v) is 3.69. The Morgan fingerprint density at radius 1 is 1.06 bits per heavy atom. The molecular weight excluding hydrogens is 196 g/mol. The maximum absolute atomic E-state index is 6.00. The highest BCUT2D eigenvalue weighted by Gasteiger charge is 2.20. The van der Waals surface area contributed by atoms with Crippen molar-refractivity contribution in [3.05, 3.63) is 29.8 Å². The smallest absolute Gasteiger partial charge is 0.119 e. The topological polar surface area (TPSA) is 9.23 Å². The first-order valence-corrected chi connectivity index (χ1v) is 6.51. The van der Waals surface area contributed by atoms with Crippen LogP contribution in [0.15, 0.2) is 24.3 Å². The number of benzene rings is 1. The molecule has 0 saturated heterocycles. The predicted molar refractivity (Wildman–Crippen MR) is 67.8 cm³/mol. The van der Waals surface area contributed by atoms with Crippen LogP contribution in [0.2, 0.25) is 0 Å². The lowest BCUT2D eigenvalue weighted by molar-refractivity contribution is 0.130. The summed E-state index contributed by atoms with van der Waals surface area (Å²) in [5, 5.41) is 0. The van der Waals surface area contributed by atoms with Crippen molar-refractivity contribution < 1.29 is 4.74 Å². The molecule has 0 heterocycles. The quantitative estimate of drug-likeness (QED) is 0.733. The van der Waals surface area contributed by atoms with Gasteiger partial charge in [-0.15, -0.1) is 0 Å². The second-order valence-electron chi connectivity index (χ2n) is 4.98. The highest BCUT2D eigenvalue weighted by molar-refractivity contribution is 5.26. The Kier molecular flexibility index (Phi) is 3.87. The van der Waals surface area contributed by atoms with Gasteiger partial charge >= 0.3 is 0 Å². The van der Waals surface area contributed by atoms with Gasteiger partial charge in [-0.1, -0.05) is 31.0 Å². The highest BCUT2D eigenvalue weighted by Crippen LogP contribution is 2.29. The molecule has 0 bridgehead atoms. The Bertz CT molecular complexity index is 307. The Morgan fingerprint density at radius 3 is 2.25 bits per heavy atom. The third-order valence-electron chi connectivity index (χ3n) is 3.69. The van der Waals surface area contributed by atoms with E-state index in [2.05, 4.69) is 38.1 Å². The van der Waals surface area contributed by atoms with Crippen molar-refractivity contribution in [2.45, 2.75) is 52.1 Å². The summed E-state index contributed by atoms with van der Waals surface area (Å²) in [5.41, 5.74) is 1.29. The van der Waals surface area contributed by atoms with Gasteiger partial charge in [0.15, 0.2) is 0 Å². The monoisotopic (exact) mass is 218 g/mol. The normalized spacial score (nSPS) is 25.4. The first kappa shape index (κ1) is 11.5. The van der Waals surface area contributed by atoms with Crippen molar-refractivity contribution in [3.8, 4) is 5.75 Å². The van der Waals surface area contributed by atoms with Crippen LogP contribution in [-0.4, -0.2) is 6.10 Å². The van der Waals surface area contributed by atoms with E-state index in [9.17, 15) is 0 Å². The molecule has 0 atom stereocenters. The van der Waals surface area contributed by atoms with E-state index in [0.717, 1.165) is 11.7 Å². The van der Waals surface area contributed by atoms with Gasteiger partial charge in [0.05, 0.1) is 6.10 Å². The fourth-order valence-electron chi connectivity index (χ4n) is 2.47. The van der Waals surface area contributed by atoms with Crippen LogP contribution in [-0.2, 0) is 0 Å². The maximum Gasteiger partial charge on any atom is 0.119 e. The van der Waals surface area contributed by atoms with Gasteiger partial charge in [0.1, 0.15) is 5.75 Å². The standard InChI is InChI=1S/C15H22O/c1-3-13-6-10-15(11-7-13)16-14-8-4-12(2)5-9-14/h4-5,8-9,13,15H,3,6-7,10-11H2,1-2H3. The minimum Gasteiger partial charge on any atom is -0.490 e. The zero-order valence-corrected chi connectivity index (χ0v) is 10.4. The molecule has 16 heavy (non-hydrogen) atoms. The van der Waals surface area contributed by atoms with E-state index in [4.69, 9.17) is 4.74 Å². The zero-order valence-electron chi connectivity index (χ0n) is 10.4. The summed E-state index contributed by atoms with van der Waals surface area (Å²) in [6, 6.07) is 8.41. The third kappa shape index (κ3) is 3.01. The average Bonchev–Trinajstić information content (AvgIpc) is 2.33. The van der Waals surface area contributed by atoms with Crippen LogP contribution in [0.25, 0.3) is 0 Å². The van der Waals surface area contributed by atoms with Crippen LogP contribution in [0.4, 0.5) is 0 Å². The van der Waals surface area contributed by atoms with Crippen molar-refractivity contribution >= 4 is 0 Å². The molecule has 0 amide bonds. The summed E-state index contributed by atoms with van der Waals surface area (Å²) in [6.45, 7) is 4.40. The van der Waals surface area contributed by atoms with E-state index in [1.807, 2.05) is 0 Å². The van der Waals surface area contributed by atoms with Gasteiger partial charge in [0.2, 0.25) is 0 Å². The number of rotatable bonds is 3. The second kappa shape index (κ2) is 5.38. The second-order valence-corrected chi connectivity index (χ2v) is 4.98. The molecule has 1 aliphatic carbocycles. The molecule has 0 radical (unpaired) electrons. The number of hydrogen-bond acceptors (Lipinski definition) is 1. The lowest BCUT2D eigenvalue weighted by atomic mass is 9.86. The van der Waals surface area contributed by atoms with E-state index in [1.54, 1.807) is 0 Å². The van der Waals surface area contributed by atoms with Crippen LogP contribution in [0.3, 0.4) is 0 Å². The molecular formula is C15H22O. The fourth-order valence-corrected chi connectivity index (χ4v) is 2.47. The average molecular weight is 218 g/mol. The molecule has 0 spiro atoms. The van der Waals surface area contributed by atoms with Crippen molar-refractivity contribution in [1.82, 2.24) is 0 Å². The summed E-state index contributed by atoms with van der Waals surface area (Å²) >= 11 is 0. The van der Waals surface area contributed by atoms with Crippen molar-refractivity contribution in [1.29, 1.82) is 0 Å². The van der Waals surface area contributed by atoms with Crippen LogP contribution in [0.5, 0.6) is 5.75 Å². The Balaban J connectivity index is 1.84. The molecule has 0 aliphatic heterocycles. The Hall–Kier alpha value is -0.980. The van der Waals surface area contributed by atoms with Crippen LogP contribution < -0.4 is 4.74 Å². The molecule has 1 aromatic rings. The summed E-state index contributed by atoms with van der Waals surface area (Å²) < 4.78 is 6.00. The van der Waals surface area contributed by atoms with Crippen molar-refractivity contribution in [2.75, 3.05) is 0 Å². The first-order valence-electron chi connectivity index (χ1n) is 6.51. The predicted octanol–water partition coefficient (Wildman–Crippen LogP) is 4.34. The number of hydrogen-bond donors (Lipinski definition) is 0. The molecule has 1 fully saturated rings. The van der Waals surface area contributed by atoms with Gasteiger partial charge in [-0.05, 0) is 50.7 Å². The van der Waals surface area contributed by atoms with E-state index in [0.29, 0.717) is 6.10 Å². The molecule has 88 valence electrons. The van der Waals surface area contributed by atoms with Gasteiger partial charge in [0.25, 0.3) is 0 Å². The molecule has 1 aromatic carbocycles. The van der Waals surface area contributed by atoms with Crippen molar-refractivity contribution in [3.63, 3.8) is 0 Å². The van der Waals surface area contributed by atoms with E-state index < -0.39 is 0 Å². The van der Waals surface area contributed by atoms with Crippen LogP contribution in [0, 0.1) is 12.8 Å². The number of aryl methyl sites for hydroxylation is 1. The molecule has 1 heteroatoms. The zero-order chi connectivity index (χ0) is 11.4. The summed E-state index contributed by atoms with van der Waals surface area (Å²) in [4.78, 5) is 0. The molecule has 0 N–H and O–H groups in total. The lowest BCUT2D eigenvalue weighted by Gasteiger charge is -2.28. The fraction of sp³-hybridized carbons (Fsp3) is 0.600. The number of ether oxygens (including phenoxy) is 1. The summed E-state index contributed by atoms with van der Waals surface area (Å²) in [6.07, 6.45) is 6.92. The molecule has 1 nitrogen and oxygen atoms in total. The summed E-state index contributed by atoms with van der Waals surface area (Å²) in [7, 11) is 0.